The zero-order valence-corrected chi connectivity index (χ0v) is 4.61. The standard InChI is InChI=1S/C6H5NO2/c7-5-3-1-2-4-6(8)9/h1-4H,(H,8,9)/b3-1+,4-2-. The van der Waals surface area contributed by atoms with Gasteiger partial charge in [-0.05, 0) is 0 Å². The molecule has 0 aromatic carbocycles. The molecule has 0 saturated heterocycles. The normalized spacial score (nSPS) is 10.1. The lowest BCUT2D eigenvalue weighted by molar-refractivity contribution is -0.131. The molecule has 0 aliphatic heterocycles. The highest BCUT2D eigenvalue weighted by atomic mass is 16.4. The van der Waals surface area contributed by atoms with Gasteiger partial charge in [0.1, 0.15) is 0 Å². The van der Waals surface area contributed by atoms with Crippen LogP contribution >= 0.6 is 0 Å². The molecule has 0 rings (SSSR count). The van der Waals surface area contributed by atoms with Gasteiger partial charge >= 0.3 is 5.97 Å². The summed E-state index contributed by atoms with van der Waals surface area (Å²) in [6, 6.07) is 1.72. The third kappa shape index (κ3) is 6.44. The van der Waals surface area contributed by atoms with Gasteiger partial charge in [-0.25, -0.2) is 4.79 Å². The highest BCUT2D eigenvalue weighted by Crippen LogP contribution is 1.74. The summed E-state index contributed by atoms with van der Waals surface area (Å²) >= 11 is 0. The summed E-state index contributed by atoms with van der Waals surface area (Å²) in [5.74, 6) is -1.02. The average Bonchev–Trinajstić information content (AvgIpc) is 1.80. The SMILES string of the molecule is N#C/C=C/C=C\C(=O)O. The summed E-state index contributed by atoms with van der Waals surface area (Å²) < 4.78 is 0. The van der Waals surface area contributed by atoms with E-state index in [2.05, 4.69) is 0 Å². The Morgan fingerprint density at radius 2 is 2.22 bits per heavy atom. The first kappa shape index (κ1) is 7.44. The van der Waals surface area contributed by atoms with Crippen molar-refractivity contribution in [2.45, 2.75) is 0 Å². The third-order valence-electron chi connectivity index (χ3n) is 0.521. The van der Waals surface area contributed by atoms with Crippen molar-refractivity contribution in [3.05, 3.63) is 24.3 Å². The second-order valence-corrected chi connectivity index (χ2v) is 1.19. The van der Waals surface area contributed by atoms with E-state index in [0.29, 0.717) is 0 Å². The van der Waals surface area contributed by atoms with E-state index in [0.717, 1.165) is 6.08 Å². The third-order valence-corrected chi connectivity index (χ3v) is 0.521. The molecule has 0 fully saturated rings. The van der Waals surface area contributed by atoms with Crippen LogP contribution in [0.2, 0.25) is 0 Å². The van der Waals surface area contributed by atoms with Crippen molar-refractivity contribution < 1.29 is 9.90 Å². The van der Waals surface area contributed by atoms with Gasteiger partial charge < -0.3 is 5.11 Å². The highest BCUT2D eigenvalue weighted by Gasteiger charge is 1.78. The Bertz CT molecular complexity index is 186. The molecule has 0 saturated carbocycles. The minimum atomic E-state index is -1.02. The van der Waals surface area contributed by atoms with Gasteiger partial charge in [0.05, 0.1) is 6.07 Å². The smallest absolute Gasteiger partial charge is 0.328 e. The van der Waals surface area contributed by atoms with E-state index in [1.54, 1.807) is 6.07 Å². The van der Waals surface area contributed by atoms with Gasteiger partial charge in [-0.15, -0.1) is 0 Å². The van der Waals surface area contributed by atoms with E-state index >= 15 is 0 Å². The highest BCUT2D eigenvalue weighted by molar-refractivity contribution is 5.80. The zero-order chi connectivity index (χ0) is 7.11. The second kappa shape index (κ2) is 4.60. The molecule has 3 heteroatoms. The molecule has 0 atom stereocenters. The largest absolute Gasteiger partial charge is 0.478 e. The Morgan fingerprint density at radius 1 is 1.56 bits per heavy atom. The summed E-state index contributed by atoms with van der Waals surface area (Å²) in [5.41, 5.74) is 0. The Morgan fingerprint density at radius 3 is 2.67 bits per heavy atom. The minimum Gasteiger partial charge on any atom is -0.478 e. The lowest BCUT2D eigenvalue weighted by atomic mass is 10.4. The molecule has 9 heavy (non-hydrogen) atoms. The quantitative estimate of drug-likeness (QED) is 0.334. The molecule has 0 heterocycles. The minimum absolute atomic E-state index is 0.952. The van der Waals surface area contributed by atoms with Crippen molar-refractivity contribution in [3.63, 3.8) is 0 Å². The first-order valence-electron chi connectivity index (χ1n) is 2.23. The van der Waals surface area contributed by atoms with Crippen LogP contribution in [0.4, 0.5) is 0 Å². The molecule has 0 unspecified atom stereocenters. The van der Waals surface area contributed by atoms with Crippen LogP contribution in [0, 0.1) is 11.3 Å². The first-order chi connectivity index (χ1) is 4.27. The molecule has 0 aromatic rings. The maximum absolute atomic E-state index is 9.76. The lowest BCUT2D eigenvalue weighted by Crippen LogP contribution is -1.84. The molecule has 46 valence electrons. The predicted molar refractivity (Wildman–Crippen MR) is 31.5 cm³/mol. The van der Waals surface area contributed by atoms with Crippen LogP contribution in [0.25, 0.3) is 0 Å². The van der Waals surface area contributed by atoms with Gasteiger partial charge in [-0.1, -0.05) is 12.2 Å². The maximum Gasteiger partial charge on any atom is 0.328 e. The molecule has 0 aromatic heterocycles. The Labute approximate surface area is 52.5 Å². The fourth-order valence-corrected chi connectivity index (χ4v) is 0.236. The maximum atomic E-state index is 9.76. The molecule has 0 radical (unpaired) electrons. The predicted octanol–water partition coefficient (Wildman–Crippen LogP) is 0.707. The lowest BCUT2D eigenvalue weighted by Gasteiger charge is -1.71. The van der Waals surface area contributed by atoms with Gasteiger partial charge in [0.2, 0.25) is 0 Å². The van der Waals surface area contributed by atoms with Crippen LogP contribution in [-0.4, -0.2) is 11.1 Å². The van der Waals surface area contributed by atoms with Gasteiger partial charge in [-0.3, -0.25) is 0 Å². The summed E-state index contributed by atoms with van der Waals surface area (Å²) in [7, 11) is 0. The monoisotopic (exact) mass is 123 g/mol. The van der Waals surface area contributed by atoms with Crippen LogP contribution in [0.1, 0.15) is 0 Å². The zero-order valence-electron chi connectivity index (χ0n) is 4.61. The number of rotatable bonds is 2. The number of carbonyl (C=O) groups is 1. The molecular formula is C6H5NO2. The number of carboxylic acids is 1. The van der Waals surface area contributed by atoms with Crippen molar-refractivity contribution in [3.8, 4) is 6.07 Å². The Kier molecular flexibility index (Phi) is 3.80. The van der Waals surface area contributed by atoms with Crippen LogP contribution in [-0.2, 0) is 4.79 Å². The van der Waals surface area contributed by atoms with Crippen LogP contribution in [0.5, 0.6) is 0 Å². The second-order valence-electron chi connectivity index (χ2n) is 1.19. The van der Waals surface area contributed by atoms with Crippen LogP contribution in [0.15, 0.2) is 24.3 Å². The van der Waals surface area contributed by atoms with Gasteiger partial charge in [0.15, 0.2) is 0 Å². The fraction of sp³-hybridized carbons (Fsp3) is 0. The van der Waals surface area contributed by atoms with Crippen LogP contribution in [0.3, 0.4) is 0 Å². The molecule has 0 aliphatic carbocycles. The van der Waals surface area contributed by atoms with Crippen molar-refractivity contribution in [2.24, 2.45) is 0 Å². The number of hydrogen-bond acceptors (Lipinski definition) is 2. The topological polar surface area (TPSA) is 61.1 Å². The van der Waals surface area contributed by atoms with Gasteiger partial charge in [0, 0.05) is 12.2 Å². The van der Waals surface area contributed by atoms with Crippen molar-refractivity contribution in [1.82, 2.24) is 0 Å². The number of allylic oxidation sites excluding steroid dienone is 3. The van der Waals surface area contributed by atoms with E-state index in [-0.39, 0.29) is 0 Å². The fourth-order valence-electron chi connectivity index (χ4n) is 0.236. The molecule has 0 bridgehead atoms. The first-order valence-corrected chi connectivity index (χ1v) is 2.23. The average molecular weight is 123 g/mol. The summed E-state index contributed by atoms with van der Waals surface area (Å²) in [6.07, 6.45) is 4.78. The molecule has 0 spiro atoms. The van der Waals surface area contributed by atoms with Crippen molar-refractivity contribution in [1.29, 1.82) is 5.26 Å². The number of hydrogen-bond donors (Lipinski definition) is 1. The van der Waals surface area contributed by atoms with E-state index in [4.69, 9.17) is 10.4 Å². The molecule has 0 aliphatic rings. The molecule has 3 nitrogen and oxygen atoms in total. The summed E-state index contributed by atoms with van der Waals surface area (Å²) in [5, 5.41) is 15.9. The van der Waals surface area contributed by atoms with E-state index in [1.165, 1.54) is 18.2 Å². The number of nitriles is 1. The Balaban J connectivity index is 3.63. The van der Waals surface area contributed by atoms with Crippen molar-refractivity contribution >= 4 is 5.97 Å². The summed E-state index contributed by atoms with van der Waals surface area (Å²) in [4.78, 5) is 9.76. The number of carboxylic acid groups (broad SMARTS) is 1. The van der Waals surface area contributed by atoms with Gasteiger partial charge in [0.25, 0.3) is 0 Å². The van der Waals surface area contributed by atoms with Crippen molar-refractivity contribution in [2.75, 3.05) is 0 Å². The van der Waals surface area contributed by atoms with Crippen LogP contribution < -0.4 is 0 Å². The summed E-state index contributed by atoms with van der Waals surface area (Å²) in [6.45, 7) is 0. The van der Waals surface area contributed by atoms with E-state index in [9.17, 15) is 4.79 Å². The Hall–Kier alpha value is -1.56. The van der Waals surface area contributed by atoms with Gasteiger partial charge in [-0.2, -0.15) is 5.26 Å². The number of nitrogens with zero attached hydrogens (tertiary/aromatic N) is 1. The molecule has 1 N–H and O–H groups in total. The molecule has 0 amide bonds. The van der Waals surface area contributed by atoms with E-state index < -0.39 is 5.97 Å². The van der Waals surface area contributed by atoms with E-state index in [1.807, 2.05) is 0 Å². The molecular weight excluding hydrogens is 118 g/mol. The number of aliphatic carboxylic acids is 1.